The average molecular weight is 206 g/mol. The highest BCUT2D eigenvalue weighted by Crippen LogP contribution is 2.33. The van der Waals surface area contributed by atoms with Gasteiger partial charge in [0.05, 0.1) is 0 Å². The second-order valence-corrected chi connectivity index (χ2v) is 4.81. The lowest BCUT2D eigenvalue weighted by atomic mass is 9.76. The number of carboxylic acid groups (broad SMARTS) is 1. The number of aromatic nitrogens is 2. The van der Waals surface area contributed by atoms with Crippen LogP contribution in [-0.4, -0.2) is 21.0 Å². The maximum Gasteiger partial charge on any atom is 0.373 e. The van der Waals surface area contributed by atoms with Gasteiger partial charge in [0.1, 0.15) is 0 Å². The lowest BCUT2D eigenvalue weighted by Crippen LogP contribution is -2.24. The first-order valence-electron chi connectivity index (χ1n) is 5.06. The van der Waals surface area contributed by atoms with Crippen LogP contribution in [0.2, 0.25) is 0 Å². The molecule has 1 aliphatic carbocycles. The van der Waals surface area contributed by atoms with Crippen LogP contribution in [0.3, 0.4) is 0 Å². The van der Waals surface area contributed by atoms with Crippen LogP contribution in [0.1, 0.15) is 42.1 Å². The zero-order chi connectivity index (χ0) is 11.1. The topological polar surface area (TPSA) is 63.1 Å². The van der Waals surface area contributed by atoms with Crippen molar-refractivity contribution in [1.82, 2.24) is 9.97 Å². The molecule has 0 aromatic carbocycles. The van der Waals surface area contributed by atoms with Gasteiger partial charge in [-0.2, -0.15) is 0 Å². The highest BCUT2D eigenvalue weighted by atomic mass is 16.4. The molecule has 0 unspecified atom stereocenters. The first-order chi connectivity index (χ1) is 6.98. The lowest BCUT2D eigenvalue weighted by molar-refractivity contribution is 0.0683. The van der Waals surface area contributed by atoms with Gasteiger partial charge in [0, 0.05) is 11.9 Å². The zero-order valence-corrected chi connectivity index (χ0v) is 8.95. The molecule has 0 spiro atoms. The van der Waals surface area contributed by atoms with E-state index in [1.165, 1.54) is 0 Å². The van der Waals surface area contributed by atoms with Crippen molar-refractivity contribution in [2.75, 3.05) is 0 Å². The number of hydrogen-bond acceptors (Lipinski definition) is 3. The van der Waals surface area contributed by atoms with E-state index in [0.29, 0.717) is 0 Å². The van der Waals surface area contributed by atoms with Gasteiger partial charge < -0.3 is 5.11 Å². The van der Waals surface area contributed by atoms with E-state index in [4.69, 9.17) is 5.11 Å². The van der Waals surface area contributed by atoms with Crippen molar-refractivity contribution in [2.24, 2.45) is 5.41 Å². The Balaban J connectivity index is 2.36. The molecule has 80 valence electrons. The molecule has 1 N–H and O–H groups in total. The van der Waals surface area contributed by atoms with E-state index in [1.807, 2.05) is 0 Å². The molecule has 1 aliphatic rings. The number of nitrogens with zero attached hydrogens (tertiary/aromatic N) is 2. The van der Waals surface area contributed by atoms with Gasteiger partial charge in [-0.05, 0) is 30.2 Å². The molecule has 4 nitrogen and oxygen atoms in total. The van der Waals surface area contributed by atoms with Crippen molar-refractivity contribution in [1.29, 1.82) is 0 Å². The van der Waals surface area contributed by atoms with Gasteiger partial charge in [-0.25, -0.2) is 14.8 Å². The van der Waals surface area contributed by atoms with Crippen LogP contribution in [-0.2, 0) is 12.8 Å². The average Bonchev–Trinajstić information content (AvgIpc) is 2.15. The summed E-state index contributed by atoms with van der Waals surface area (Å²) in [6, 6.07) is 0. The number of aromatic carboxylic acids is 1. The largest absolute Gasteiger partial charge is 0.475 e. The number of aryl methyl sites for hydroxylation is 1. The standard InChI is InChI=1S/C11H14N2O2/c1-11(2)4-3-8-7(5-11)6-12-9(13-8)10(14)15/h6H,3-5H2,1-2H3,(H,14,15). The summed E-state index contributed by atoms with van der Waals surface area (Å²) in [6.45, 7) is 4.42. The Bertz CT molecular complexity index is 413. The molecule has 0 bridgehead atoms. The molecule has 1 heterocycles. The smallest absolute Gasteiger partial charge is 0.373 e. The van der Waals surface area contributed by atoms with Crippen LogP contribution in [0, 0.1) is 5.41 Å². The Morgan fingerprint density at radius 1 is 1.53 bits per heavy atom. The Morgan fingerprint density at radius 3 is 2.93 bits per heavy atom. The van der Waals surface area contributed by atoms with Gasteiger partial charge in [-0.3, -0.25) is 0 Å². The van der Waals surface area contributed by atoms with Crippen molar-refractivity contribution in [3.05, 3.63) is 23.3 Å². The Hall–Kier alpha value is -1.45. The SMILES string of the molecule is CC1(C)CCc2nc(C(=O)O)ncc2C1. The first kappa shape index (κ1) is 10.1. The third-order valence-electron chi connectivity index (χ3n) is 2.85. The molecular formula is C11H14N2O2. The summed E-state index contributed by atoms with van der Waals surface area (Å²) >= 11 is 0. The monoisotopic (exact) mass is 206 g/mol. The van der Waals surface area contributed by atoms with Crippen LogP contribution in [0.5, 0.6) is 0 Å². The minimum atomic E-state index is -1.05. The van der Waals surface area contributed by atoms with Crippen LogP contribution >= 0.6 is 0 Å². The Labute approximate surface area is 88.4 Å². The molecule has 0 aliphatic heterocycles. The maximum atomic E-state index is 10.7. The predicted molar refractivity (Wildman–Crippen MR) is 54.8 cm³/mol. The zero-order valence-electron chi connectivity index (χ0n) is 8.95. The molecule has 0 amide bonds. The number of carboxylic acids is 1. The summed E-state index contributed by atoms with van der Waals surface area (Å²) in [6.07, 6.45) is 4.50. The van der Waals surface area contributed by atoms with E-state index in [-0.39, 0.29) is 11.2 Å². The highest BCUT2D eigenvalue weighted by Gasteiger charge is 2.26. The molecule has 2 rings (SSSR count). The molecule has 0 saturated carbocycles. The number of hydrogen-bond donors (Lipinski definition) is 1. The molecule has 4 heteroatoms. The second-order valence-electron chi connectivity index (χ2n) is 4.81. The van der Waals surface area contributed by atoms with Crippen molar-refractivity contribution in [3.8, 4) is 0 Å². The fourth-order valence-electron chi connectivity index (χ4n) is 1.97. The minimum absolute atomic E-state index is 0.0894. The third kappa shape index (κ3) is 1.98. The van der Waals surface area contributed by atoms with Crippen molar-refractivity contribution >= 4 is 5.97 Å². The van der Waals surface area contributed by atoms with Gasteiger partial charge in [-0.15, -0.1) is 0 Å². The summed E-state index contributed by atoms with van der Waals surface area (Å²) in [4.78, 5) is 18.6. The van der Waals surface area contributed by atoms with Crippen LogP contribution in [0.15, 0.2) is 6.20 Å². The fraction of sp³-hybridized carbons (Fsp3) is 0.545. The minimum Gasteiger partial charge on any atom is -0.475 e. The molecule has 1 aromatic rings. The van der Waals surface area contributed by atoms with E-state index in [9.17, 15) is 4.79 Å². The quantitative estimate of drug-likeness (QED) is 0.759. The van der Waals surface area contributed by atoms with E-state index in [0.717, 1.165) is 30.5 Å². The second kappa shape index (κ2) is 3.29. The highest BCUT2D eigenvalue weighted by molar-refractivity contribution is 5.83. The Morgan fingerprint density at radius 2 is 2.27 bits per heavy atom. The predicted octanol–water partition coefficient (Wildman–Crippen LogP) is 1.69. The molecular weight excluding hydrogens is 192 g/mol. The van der Waals surface area contributed by atoms with E-state index in [2.05, 4.69) is 23.8 Å². The molecule has 15 heavy (non-hydrogen) atoms. The number of rotatable bonds is 1. The van der Waals surface area contributed by atoms with E-state index >= 15 is 0 Å². The Kier molecular flexibility index (Phi) is 2.21. The summed E-state index contributed by atoms with van der Waals surface area (Å²) in [7, 11) is 0. The number of carbonyl (C=O) groups is 1. The van der Waals surface area contributed by atoms with Crippen LogP contribution in [0.4, 0.5) is 0 Å². The van der Waals surface area contributed by atoms with Gasteiger partial charge in [0.15, 0.2) is 0 Å². The molecule has 1 aromatic heterocycles. The molecule has 0 saturated heterocycles. The van der Waals surface area contributed by atoms with Gasteiger partial charge in [0.2, 0.25) is 5.82 Å². The first-order valence-corrected chi connectivity index (χ1v) is 5.06. The maximum absolute atomic E-state index is 10.7. The summed E-state index contributed by atoms with van der Waals surface area (Å²) in [5.74, 6) is -1.14. The van der Waals surface area contributed by atoms with Crippen LogP contribution < -0.4 is 0 Å². The summed E-state index contributed by atoms with van der Waals surface area (Å²) in [5, 5.41) is 8.76. The van der Waals surface area contributed by atoms with E-state index in [1.54, 1.807) is 6.20 Å². The van der Waals surface area contributed by atoms with Gasteiger partial charge in [0.25, 0.3) is 0 Å². The normalized spacial score (nSPS) is 18.3. The lowest BCUT2D eigenvalue weighted by Gasteiger charge is -2.30. The molecule has 0 atom stereocenters. The number of fused-ring (bicyclic) bond motifs is 1. The molecule has 0 radical (unpaired) electrons. The summed E-state index contributed by atoms with van der Waals surface area (Å²) < 4.78 is 0. The summed E-state index contributed by atoms with van der Waals surface area (Å²) in [5.41, 5.74) is 2.28. The van der Waals surface area contributed by atoms with Crippen LogP contribution in [0.25, 0.3) is 0 Å². The van der Waals surface area contributed by atoms with Gasteiger partial charge in [-0.1, -0.05) is 13.8 Å². The van der Waals surface area contributed by atoms with Crippen molar-refractivity contribution in [3.63, 3.8) is 0 Å². The van der Waals surface area contributed by atoms with E-state index < -0.39 is 5.97 Å². The van der Waals surface area contributed by atoms with Gasteiger partial charge >= 0.3 is 5.97 Å². The third-order valence-corrected chi connectivity index (χ3v) is 2.85. The molecule has 0 fully saturated rings. The fourth-order valence-corrected chi connectivity index (χ4v) is 1.97. The van der Waals surface area contributed by atoms with Crippen molar-refractivity contribution in [2.45, 2.75) is 33.1 Å². The van der Waals surface area contributed by atoms with Crippen molar-refractivity contribution < 1.29 is 9.90 Å².